The summed E-state index contributed by atoms with van der Waals surface area (Å²) in [6, 6.07) is 3.03. The molecule has 146 valence electrons. The summed E-state index contributed by atoms with van der Waals surface area (Å²) < 4.78 is 24.9. The van der Waals surface area contributed by atoms with Crippen molar-refractivity contribution in [2.24, 2.45) is 4.99 Å². The van der Waals surface area contributed by atoms with Crippen LogP contribution in [0.5, 0.6) is 5.75 Å². The van der Waals surface area contributed by atoms with Crippen LogP contribution in [0.3, 0.4) is 0 Å². The topological polar surface area (TPSA) is 46.1 Å². The van der Waals surface area contributed by atoms with Gasteiger partial charge in [-0.3, -0.25) is 4.99 Å². The maximum atomic E-state index is 13.8. The molecule has 0 spiro atoms. The molecule has 2 heterocycles. The van der Waals surface area contributed by atoms with E-state index in [1.807, 2.05) is 18.8 Å². The maximum Gasteiger partial charge on any atom is 0.193 e. The number of nitrogens with one attached hydrogen (secondary N) is 1. The second-order valence-corrected chi connectivity index (χ2v) is 8.72. The number of nitrogens with zero attached hydrogens (tertiary/aromatic N) is 2. The Balaban J connectivity index is 0.00000243. The summed E-state index contributed by atoms with van der Waals surface area (Å²) in [6.45, 7) is 7.77. The first kappa shape index (κ1) is 21.6. The predicted molar refractivity (Wildman–Crippen MR) is 115 cm³/mol. The Morgan fingerprint density at radius 1 is 1.42 bits per heavy atom. The molecule has 1 aromatic rings. The molecular formula is C18H27FIN3O2S. The standard InChI is InChI=1S/C18H26FN3O2S.HI/c1-18(2)11-22(6-7-25-18)17(20-3)21-5-4-13-8-15(19)9-14-10-23-12-24-16(13)14;/h8-9H,4-7,10-12H2,1-3H3,(H,20,21);1H. The van der Waals surface area contributed by atoms with Gasteiger partial charge in [0.2, 0.25) is 0 Å². The van der Waals surface area contributed by atoms with Gasteiger partial charge in [-0.2, -0.15) is 11.8 Å². The average Bonchev–Trinajstić information content (AvgIpc) is 2.57. The zero-order valence-electron chi connectivity index (χ0n) is 15.5. The van der Waals surface area contributed by atoms with Crippen molar-refractivity contribution in [1.82, 2.24) is 10.2 Å². The monoisotopic (exact) mass is 495 g/mol. The van der Waals surface area contributed by atoms with Crippen LogP contribution in [0.4, 0.5) is 4.39 Å². The number of hydrogen-bond acceptors (Lipinski definition) is 4. The van der Waals surface area contributed by atoms with Crippen molar-refractivity contribution in [2.75, 3.05) is 39.2 Å². The number of ether oxygens (including phenoxy) is 2. The van der Waals surface area contributed by atoms with E-state index >= 15 is 0 Å². The third-order valence-corrected chi connectivity index (χ3v) is 5.66. The molecule has 26 heavy (non-hydrogen) atoms. The van der Waals surface area contributed by atoms with Crippen LogP contribution in [0.25, 0.3) is 0 Å². The molecule has 2 aliphatic rings. The van der Waals surface area contributed by atoms with Gasteiger partial charge in [0.25, 0.3) is 0 Å². The Hall–Kier alpha value is -0.740. The Bertz CT molecular complexity index is 658. The third-order valence-electron chi connectivity index (χ3n) is 4.37. The zero-order valence-corrected chi connectivity index (χ0v) is 18.7. The van der Waals surface area contributed by atoms with E-state index in [1.165, 1.54) is 6.07 Å². The van der Waals surface area contributed by atoms with Gasteiger partial charge >= 0.3 is 0 Å². The van der Waals surface area contributed by atoms with Gasteiger partial charge in [0.1, 0.15) is 11.6 Å². The van der Waals surface area contributed by atoms with Gasteiger partial charge in [-0.25, -0.2) is 4.39 Å². The molecule has 0 bridgehead atoms. The highest BCUT2D eigenvalue weighted by Gasteiger charge is 2.28. The molecule has 5 nitrogen and oxygen atoms in total. The number of hydrogen-bond donors (Lipinski definition) is 1. The van der Waals surface area contributed by atoms with Gasteiger partial charge in [-0.15, -0.1) is 24.0 Å². The van der Waals surface area contributed by atoms with E-state index in [0.29, 0.717) is 19.6 Å². The third kappa shape index (κ3) is 5.39. The summed E-state index contributed by atoms with van der Waals surface area (Å²) in [4.78, 5) is 6.70. The van der Waals surface area contributed by atoms with E-state index in [0.717, 1.165) is 41.7 Å². The largest absolute Gasteiger partial charge is 0.467 e. The summed E-state index contributed by atoms with van der Waals surface area (Å²) in [6.07, 6.45) is 0.672. The minimum Gasteiger partial charge on any atom is -0.467 e. The first-order valence-electron chi connectivity index (χ1n) is 8.60. The molecule has 8 heteroatoms. The molecule has 0 radical (unpaired) electrons. The summed E-state index contributed by atoms with van der Waals surface area (Å²) in [5.41, 5.74) is 1.65. The van der Waals surface area contributed by atoms with Crippen molar-refractivity contribution < 1.29 is 13.9 Å². The molecule has 1 aromatic carbocycles. The number of benzene rings is 1. The van der Waals surface area contributed by atoms with E-state index in [-0.39, 0.29) is 41.3 Å². The van der Waals surface area contributed by atoms with E-state index in [1.54, 1.807) is 6.07 Å². The number of rotatable bonds is 3. The summed E-state index contributed by atoms with van der Waals surface area (Å²) in [5, 5.41) is 3.41. The fourth-order valence-corrected chi connectivity index (χ4v) is 4.39. The minimum absolute atomic E-state index is 0. The first-order valence-corrected chi connectivity index (χ1v) is 9.58. The second-order valence-electron chi connectivity index (χ2n) is 6.92. The lowest BCUT2D eigenvalue weighted by molar-refractivity contribution is -0.0172. The summed E-state index contributed by atoms with van der Waals surface area (Å²) >= 11 is 2.00. The van der Waals surface area contributed by atoms with E-state index in [4.69, 9.17) is 9.47 Å². The molecule has 1 N–H and O–H groups in total. The van der Waals surface area contributed by atoms with Crippen molar-refractivity contribution in [3.8, 4) is 5.75 Å². The Kier molecular flexibility index (Phi) is 7.84. The lowest BCUT2D eigenvalue weighted by atomic mass is 10.1. The van der Waals surface area contributed by atoms with Gasteiger partial charge in [0.05, 0.1) is 6.61 Å². The van der Waals surface area contributed by atoms with E-state index in [2.05, 4.69) is 29.1 Å². The zero-order chi connectivity index (χ0) is 17.9. The quantitative estimate of drug-likeness (QED) is 0.397. The average molecular weight is 495 g/mol. The SMILES string of the molecule is CN=C(NCCc1cc(F)cc2c1OCOC2)N1CCSC(C)(C)C1.I. The molecule has 3 rings (SSSR count). The number of halogens is 2. The molecule has 1 fully saturated rings. The second kappa shape index (κ2) is 9.45. The van der Waals surface area contributed by atoms with Crippen LogP contribution >= 0.6 is 35.7 Å². The van der Waals surface area contributed by atoms with Crippen LogP contribution in [-0.4, -0.2) is 54.8 Å². The molecule has 0 unspecified atom stereocenters. The number of fused-ring (bicyclic) bond motifs is 1. The van der Waals surface area contributed by atoms with Crippen LogP contribution in [0.2, 0.25) is 0 Å². The number of aliphatic imine (C=N–C) groups is 1. The predicted octanol–water partition coefficient (Wildman–Crippen LogP) is 3.26. The molecule has 0 amide bonds. The van der Waals surface area contributed by atoms with Crippen molar-refractivity contribution in [3.63, 3.8) is 0 Å². The van der Waals surface area contributed by atoms with Crippen LogP contribution in [0.1, 0.15) is 25.0 Å². The highest BCUT2D eigenvalue weighted by molar-refractivity contribution is 14.0. The molecule has 1 saturated heterocycles. The lowest BCUT2D eigenvalue weighted by Crippen LogP contribution is -2.51. The number of guanidine groups is 1. The van der Waals surface area contributed by atoms with E-state index < -0.39 is 0 Å². The highest BCUT2D eigenvalue weighted by Crippen LogP contribution is 2.30. The van der Waals surface area contributed by atoms with Crippen molar-refractivity contribution in [2.45, 2.75) is 31.6 Å². The number of thioether (sulfide) groups is 1. The summed E-state index contributed by atoms with van der Waals surface area (Å²) in [7, 11) is 1.81. The van der Waals surface area contributed by atoms with Gasteiger partial charge < -0.3 is 19.7 Å². The van der Waals surface area contributed by atoms with Gasteiger partial charge in [0.15, 0.2) is 12.8 Å². The van der Waals surface area contributed by atoms with Crippen molar-refractivity contribution >= 4 is 41.7 Å². The minimum atomic E-state index is -0.248. The Morgan fingerprint density at radius 3 is 2.96 bits per heavy atom. The van der Waals surface area contributed by atoms with Gasteiger partial charge in [-0.1, -0.05) is 0 Å². The van der Waals surface area contributed by atoms with E-state index in [9.17, 15) is 4.39 Å². The van der Waals surface area contributed by atoms with Gasteiger partial charge in [-0.05, 0) is 38.0 Å². The molecular weight excluding hydrogens is 468 g/mol. The fraction of sp³-hybridized carbons (Fsp3) is 0.611. The highest BCUT2D eigenvalue weighted by atomic mass is 127. The van der Waals surface area contributed by atoms with Crippen molar-refractivity contribution in [3.05, 3.63) is 29.1 Å². The Morgan fingerprint density at radius 2 is 2.23 bits per heavy atom. The molecule has 0 saturated carbocycles. The lowest BCUT2D eigenvalue weighted by Gasteiger charge is -2.39. The van der Waals surface area contributed by atoms with Gasteiger partial charge in [0, 0.05) is 42.7 Å². The van der Waals surface area contributed by atoms with Crippen molar-refractivity contribution in [1.29, 1.82) is 0 Å². The summed E-state index contributed by atoms with van der Waals surface area (Å²) in [5.74, 6) is 2.52. The van der Waals surface area contributed by atoms with Crippen LogP contribution < -0.4 is 10.1 Å². The molecule has 0 aliphatic carbocycles. The normalized spacial score (nSPS) is 19.2. The van der Waals surface area contributed by atoms with Crippen LogP contribution in [-0.2, 0) is 17.8 Å². The van der Waals surface area contributed by atoms with Crippen LogP contribution in [0, 0.1) is 5.82 Å². The fourth-order valence-electron chi connectivity index (χ4n) is 3.28. The smallest absolute Gasteiger partial charge is 0.193 e. The van der Waals surface area contributed by atoms with Crippen LogP contribution in [0.15, 0.2) is 17.1 Å². The molecule has 0 aromatic heterocycles. The first-order chi connectivity index (χ1) is 12.0. The molecule has 2 aliphatic heterocycles. The molecule has 0 atom stereocenters. The Labute approximate surface area is 176 Å². The maximum absolute atomic E-state index is 13.8.